The van der Waals surface area contributed by atoms with Gasteiger partial charge >= 0.3 is 4.87 Å². The Labute approximate surface area is 182 Å². The van der Waals surface area contributed by atoms with Gasteiger partial charge < -0.3 is 10.1 Å². The summed E-state index contributed by atoms with van der Waals surface area (Å²) in [6, 6.07) is 22.4. The molecule has 1 N–H and O–H groups in total. The number of nitrogens with one attached hydrogen (secondary N) is 1. The summed E-state index contributed by atoms with van der Waals surface area (Å²) < 4.78 is 20.7. The summed E-state index contributed by atoms with van der Waals surface area (Å²) >= 11 is 0.869. The van der Waals surface area contributed by atoms with Crippen molar-refractivity contribution in [3.05, 3.63) is 110 Å². The summed E-state index contributed by atoms with van der Waals surface area (Å²) in [5.74, 6) is 0.524. The molecule has 5 nitrogen and oxygen atoms in total. The monoisotopic (exact) mass is 434 g/mol. The Morgan fingerprint density at radius 1 is 1.00 bits per heavy atom. The molecule has 0 aliphatic carbocycles. The van der Waals surface area contributed by atoms with Crippen LogP contribution in [0, 0.1) is 12.7 Å². The van der Waals surface area contributed by atoms with Crippen LogP contribution in [0.4, 0.5) is 10.1 Å². The van der Waals surface area contributed by atoms with E-state index in [-0.39, 0.29) is 23.1 Å². The molecule has 0 spiro atoms. The average Bonchev–Trinajstić information content (AvgIpc) is 3.03. The first-order valence-electron chi connectivity index (χ1n) is 9.58. The van der Waals surface area contributed by atoms with Crippen LogP contribution in [-0.2, 0) is 6.54 Å². The highest BCUT2D eigenvalue weighted by atomic mass is 32.1. The SMILES string of the molecule is Cc1c(C(=O)Nc2cccc(Oc3ccccc3)c2)sc(=O)n1Cc1cccc(F)c1. The third-order valence-corrected chi connectivity index (χ3v) is 5.73. The van der Waals surface area contributed by atoms with Gasteiger partial charge in [-0.25, -0.2) is 4.39 Å². The summed E-state index contributed by atoms with van der Waals surface area (Å²) in [5, 5.41) is 2.82. The fourth-order valence-electron chi connectivity index (χ4n) is 3.14. The van der Waals surface area contributed by atoms with Gasteiger partial charge in [-0.3, -0.25) is 14.2 Å². The van der Waals surface area contributed by atoms with Crippen LogP contribution in [-0.4, -0.2) is 10.5 Å². The lowest BCUT2D eigenvalue weighted by molar-refractivity contribution is 0.102. The molecule has 156 valence electrons. The number of thiazole rings is 1. The molecule has 0 radical (unpaired) electrons. The molecule has 1 aromatic heterocycles. The maximum Gasteiger partial charge on any atom is 0.308 e. The molecule has 0 bridgehead atoms. The molecule has 1 heterocycles. The third kappa shape index (κ3) is 4.90. The largest absolute Gasteiger partial charge is 0.457 e. The maximum absolute atomic E-state index is 13.5. The van der Waals surface area contributed by atoms with Crippen LogP contribution in [0.3, 0.4) is 0 Å². The first-order chi connectivity index (χ1) is 15.0. The molecule has 0 unspecified atom stereocenters. The van der Waals surface area contributed by atoms with Crippen LogP contribution in [0.25, 0.3) is 0 Å². The smallest absolute Gasteiger partial charge is 0.308 e. The van der Waals surface area contributed by atoms with Gasteiger partial charge in [-0.1, -0.05) is 47.7 Å². The lowest BCUT2D eigenvalue weighted by Crippen LogP contribution is -2.16. The molecule has 3 aromatic carbocycles. The van der Waals surface area contributed by atoms with E-state index in [2.05, 4.69) is 5.32 Å². The maximum atomic E-state index is 13.5. The van der Waals surface area contributed by atoms with Gasteiger partial charge in [-0.15, -0.1) is 0 Å². The van der Waals surface area contributed by atoms with Gasteiger partial charge in [-0.2, -0.15) is 0 Å². The molecule has 4 rings (SSSR count). The highest BCUT2D eigenvalue weighted by Gasteiger charge is 2.18. The molecule has 0 saturated carbocycles. The second-order valence-electron chi connectivity index (χ2n) is 6.90. The van der Waals surface area contributed by atoms with Crippen LogP contribution >= 0.6 is 11.3 Å². The summed E-state index contributed by atoms with van der Waals surface area (Å²) in [4.78, 5) is 25.3. The predicted molar refractivity (Wildman–Crippen MR) is 120 cm³/mol. The molecule has 4 aromatic rings. The molecule has 0 atom stereocenters. The van der Waals surface area contributed by atoms with Gasteiger partial charge in [0.2, 0.25) is 0 Å². The molecule has 0 fully saturated rings. The summed E-state index contributed by atoms with van der Waals surface area (Å²) in [6.45, 7) is 1.91. The molecule has 0 aliphatic heterocycles. The van der Waals surface area contributed by atoms with E-state index in [1.54, 1.807) is 43.3 Å². The number of aromatic nitrogens is 1. The zero-order chi connectivity index (χ0) is 21.8. The number of nitrogens with zero attached hydrogens (tertiary/aromatic N) is 1. The standard InChI is InChI=1S/C24H19FN2O3S/c1-16-22(31-24(29)27(16)15-17-7-5-8-18(25)13-17)23(28)26-19-9-6-12-21(14-19)30-20-10-3-2-4-11-20/h2-14H,15H2,1H3,(H,26,28). The Morgan fingerprint density at radius 3 is 2.52 bits per heavy atom. The molecule has 0 aliphatic rings. The lowest BCUT2D eigenvalue weighted by atomic mass is 10.2. The van der Waals surface area contributed by atoms with E-state index in [4.69, 9.17) is 4.74 Å². The van der Waals surface area contributed by atoms with Gasteiger partial charge in [0.05, 0.1) is 6.54 Å². The topological polar surface area (TPSA) is 60.3 Å². The molecule has 31 heavy (non-hydrogen) atoms. The van der Waals surface area contributed by atoms with Gasteiger partial charge in [0.15, 0.2) is 0 Å². The summed E-state index contributed by atoms with van der Waals surface area (Å²) in [7, 11) is 0. The summed E-state index contributed by atoms with van der Waals surface area (Å²) in [6.07, 6.45) is 0. The number of benzene rings is 3. The van der Waals surface area contributed by atoms with E-state index < -0.39 is 0 Å². The second kappa shape index (κ2) is 8.97. The fourth-order valence-corrected chi connectivity index (χ4v) is 4.03. The van der Waals surface area contributed by atoms with Crippen LogP contribution in [0.1, 0.15) is 20.9 Å². The second-order valence-corrected chi connectivity index (χ2v) is 7.86. The normalized spacial score (nSPS) is 10.6. The number of hydrogen-bond acceptors (Lipinski definition) is 4. The Morgan fingerprint density at radius 2 is 1.74 bits per heavy atom. The van der Waals surface area contributed by atoms with Crippen molar-refractivity contribution in [2.75, 3.05) is 5.32 Å². The third-order valence-electron chi connectivity index (χ3n) is 4.65. The predicted octanol–water partition coefficient (Wildman–Crippen LogP) is 5.45. The van der Waals surface area contributed by atoms with Crippen LogP contribution in [0.15, 0.2) is 83.7 Å². The van der Waals surface area contributed by atoms with Gasteiger partial charge in [0.25, 0.3) is 5.91 Å². The highest BCUT2D eigenvalue weighted by Crippen LogP contribution is 2.25. The Balaban J connectivity index is 1.51. The highest BCUT2D eigenvalue weighted by molar-refractivity contribution is 7.11. The number of hydrogen-bond donors (Lipinski definition) is 1. The Kier molecular flexibility index (Phi) is 5.95. The van der Waals surface area contributed by atoms with E-state index in [0.29, 0.717) is 33.3 Å². The summed E-state index contributed by atoms with van der Waals surface area (Å²) in [5.41, 5.74) is 1.74. The lowest BCUT2D eigenvalue weighted by Gasteiger charge is -2.09. The van der Waals surface area contributed by atoms with Crippen molar-refractivity contribution in [1.29, 1.82) is 0 Å². The number of para-hydroxylation sites is 1. The van der Waals surface area contributed by atoms with Crippen LogP contribution < -0.4 is 14.9 Å². The Bertz CT molecular complexity index is 1280. The van der Waals surface area contributed by atoms with Crippen LogP contribution in [0.2, 0.25) is 0 Å². The van der Waals surface area contributed by atoms with Crippen molar-refractivity contribution in [3.63, 3.8) is 0 Å². The quantitative estimate of drug-likeness (QED) is 0.439. The minimum atomic E-state index is -0.380. The van der Waals surface area contributed by atoms with E-state index >= 15 is 0 Å². The fraction of sp³-hybridized carbons (Fsp3) is 0.0833. The molecule has 0 saturated heterocycles. The molecular formula is C24H19FN2O3S. The molecule has 1 amide bonds. The van der Waals surface area contributed by atoms with E-state index in [1.165, 1.54) is 16.7 Å². The van der Waals surface area contributed by atoms with Crippen molar-refractivity contribution in [1.82, 2.24) is 4.57 Å². The van der Waals surface area contributed by atoms with E-state index in [1.807, 2.05) is 30.3 Å². The van der Waals surface area contributed by atoms with Crippen molar-refractivity contribution in [3.8, 4) is 11.5 Å². The van der Waals surface area contributed by atoms with Gasteiger partial charge in [-0.05, 0) is 48.9 Å². The first kappa shape index (κ1) is 20.6. The number of ether oxygens (including phenoxy) is 1. The van der Waals surface area contributed by atoms with Crippen molar-refractivity contribution in [2.45, 2.75) is 13.5 Å². The number of rotatable bonds is 6. The van der Waals surface area contributed by atoms with Crippen molar-refractivity contribution >= 4 is 22.9 Å². The minimum Gasteiger partial charge on any atom is -0.457 e. The van der Waals surface area contributed by atoms with Crippen molar-refractivity contribution in [2.24, 2.45) is 0 Å². The van der Waals surface area contributed by atoms with Gasteiger partial charge in [0.1, 0.15) is 22.2 Å². The number of amides is 1. The number of anilines is 1. The van der Waals surface area contributed by atoms with Gasteiger partial charge in [0, 0.05) is 17.4 Å². The zero-order valence-electron chi connectivity index (χ0n) is 16.7. The van der Waals surface area contributed by atoms with E-state index in [9.17, 15) is 14.0 Å². The zero-order valence-corrected chi connectivity index (χ0v) is 17.5. The molecule has 7 heteroatoms. The molecular weight excluding hydrogens is 415 g/mol. The van der Waals surface area contributed by atoms with E-state index in [0.717, 1.165) is 11.3 Å². The first-order valence-corrected chi connectivity index (χ1v) is 10.4. The number of carbonyl (C=O) groups excluding carboxylic acids is 1. The average molecular weight is 434 g/mol. The Hall–Kier alpha value is -3.71. The van der Waals surface area contributed by atoms with Crippen LogP contribution in [0.5, 0.6) is 11.5 Å². The van der Waals surface area contributed by atoms with Crippen molar-refractivity contribution < 1.29 is 13.9 Å². The number of carbonyl (C=O) groups is 1. The number of halogens is 1. The minimum absolute atomic E-state index is 0.201.